The zero-order valence-electron chi connectivity index (χ0n) is 13.0. The number of nitrogens with one attached hydrogen (secondary N) is 1. The first kappa shape index (κ1) is 14.7. The van der Waals surface area contributed by atoms with Crippen LogP contribution in [0.15, 0.2) is 40.8 Å². The summed E-state index contributed by atoms with van der Waals surface area (Å²) in [6.45, 7) is 6.05. The summed E-state index contributed by atoms with van der Waals surface area (Å²) in [6.07, 6.45) is 0. The highest BCUT2D eigenvalue weighted by Crippen LogP contribution is 2.20. The van der Waals surface area contributed by atoms with Crippen LogP contribution in [-0.4, -0.2) is 44.0 Å². The third-order valence-corrected chi connectivity index (χ3v) is 3.96. The van der Waals surface area contributed by atoms with Crippen LogP contribution >= 0.6 is 0 Å². The van der Waals surface area contributed by atoms with Crippen molar-refractivity contribution in [2.45, 2.75) is 6.92 Å². The Hall–Kier alpha value is -2.27. The number of benzene rings is 1. The predicted molar refractivity (Wildman–Crippen MR) is 87.6 cm³/mol. The van der Waals surface area contributed by atoms with Gasteiger partial charge in [0.05, 0.1) is 0 Å². The van der Waals surface area contributed by atoms with Crippen LogP contribution in [0.1, 0.15) is 16.3 Å². The van der Waals surface area contributed by atoms with Crippen LogP contribution in [0, 0.1) is 6.92 Å². The van der Waals surface area contributed by atoms with Gasteiger partial charge in [-0.25, -0.2) is 0 Å². The minimum atomic E-state index is -0.222. The highest BCUT2D eigenvalue weighted by molar-refractivity contribution is 6.02. The number of piperazine rings is 1. The number of furan rings is 1. The molecule has 0 atom stereocenters. The van der Waals surface area contributed by atoms with Crippen LogP contribution < -0.4 is 10.2 Å². The molecule has 1 aliphatic heterocycles. The van der Waals surface area contributed by atoms with Gasteiger partial charge in [0, 0.05) is 37.6 Å². The first-order valence-corrected chi connectivity index (χ1v) is 7.53. The Morgan fingerprint density at radius 3 is 2.32 bits per heavy atom. The number of rotatable bonds is 3. The maximum Gasteiger partial charge on any atom is 0.291 e. The fourth-order valence-corrected chi connectivity index (χ4v) is 2.57. The van der Waals surface area contributed by atoms with Crippen molar-refractivity contribution in [1.82, 2.24) is 4.90 Å². The van der Waals surface area contributed by atoms with Gasteiger partial charge in [0.25, 0.3) is 5.91 Å². The van der Waals surface area contributed by atoms with Gasteiger partial charge < -0.3 is 19.5 Å². The molecule has 1 amide bonds. The van der Waals surface area contributed by atoms with E-state index < -0.39 is 0 Å². The Bertz CT molecular complexity index is 640. The van der Waals surface area contributed by atoms with Crippen molar-refractivity contribution >= 4 is 17.3 Å². The first-order valence-electron chi connectivity index (χ1n) is 7.53. The average Bonchev–Trinajstić information content (AvgIpc) is 2.96. The molecule has 1 N–H and O–H groups in total. The lowest BCUT2D eigenvalue weighted by Crippen LogP contribution is -2.44. The van der Waals surface area contributed by atoms with Gasteiger partial charge in [-0.3, -0.25) is 4.79 Å². The van der Waals surface area contributed by atoms with Gasteiger partial charge >= 0.3 is 0 Å². The normalized spacial score (nSPS) is 15.8. The number of carbonyl (C=O) groups is 1. The second-order valence-corrected chi connectivity index (χ2v) is 5.70. The van der Waals surface area contributed by atoms with Crippen molar-refractivity contribution in [2.24, 2.45) is 0 Å². The van der Waals surface area contributed by atoms with Crippen LogP contribution in [-0.2, 0) is 0 Å². The number of carbonyl (C=O) groups excluding carboxylic acids is 1. The first-order chi connectivity index (χ1) is 10.6. The molecular formula is C17H21N3O2. The van der Waals surface area contributed by atoms with Crippen molar-refractivity contribution in [3.63, 3.8) is 0 Å². The van der Waals surface area contributed by atoms with E-state index in [1.165, 1.54) is 5.69 Å². The molecule has 0 radical (unpaired) electrons. The summed E-state index contributed by atoms with van der Waals surface area (Å²) in [5.74, 6) is 0.844. The Morgan fingerprint density at radius 1 is 1.05 bits per heavy atom. The number of likely N-dealkylation sites (N-methyl/N-ethyl adjacent to an activating group) is 1. The van der Waals surface area contributed by atoms with Crippen molar-refractivity contribution in [3.8, 4) is 0 Å². The summed E-state index contributed by atoms with van der Waals surface area (Å²) in [5, 5.41) is 2.85. The Kier molecular flexibility index (Phi) is 4.15. The maximum absolute atomic E-state index is 12.0. The van der Waals surface area contributed by atoms with Gasteiger partial charge in [0.15, 0.2) is 5.76 Å². The van der Waals surface area contributed by atoms with E-state index in [1.54, 1.807) is 12.1 Å². The van der Waals surface area contributed by atoms with Gasteiger partial charge in [-0.2, -0.15) is 0 Å². The van der Waals surface area contributed by atoms with Crippen LogP contribution in [0.3, 0.4) is 0 Å². The molecule has 2 heterocycles. The molecule has 1 saturated heterocycles. The van der Waals surface area contributed by atoms with Crippen molar-refractivity contribution in [2.75, 3.05) is 43.4 Å². The van der Waals surface area contributed by atoms with Gasteiger partial charge in [-0.15, -0.1) is 0 Å². The standard InChI is InChI=1S/C17H21N3O2/c1-13-3-8-16(22-13)17(21)18-14-4-6-15(7-5-14)20-11-9-19(2)10-12-20/h3-8H,9-12H2,1-2H3,(H,18,21). The molecule has 1 fully saturated rings. The number of amides is 1. The van der Waals surface area contributed by atoms with E-state index in [1.807, 2.05) is 31.2 Å². The molecule has 1 aliphatic rings. The number of hydrogen-bond donors (Lipinski definition) is 1. The summed E-state index contributed by atoms with van der Waals surface area (Å²) in [5.41, 5.74) is 1.97. The quantitative estimate of drug-likeness (QED) is 0.946. The van der Waals surface area contributed by atoms with Crippen LogP contribution in [0.25, 0.3) is 0 Å². The Balaban J connectivity index is 1.63. The number of anilines is 2. The molecule has 0 bridgehead atoms. The van der Waals surface area contributed by atoms with Gasteiger partial charge in [-0.05, 0) is 50.4 Å². The molecule has 22 heavy (non-hydrogen) atoms. The smallest absolute Gasteiger partial charge is 0.291 e. The molecule has 0 saturated carbocycles. The molecule has 5 nitrogen and oxygen atoms in total. The fourth-order valence-electron chi connectivity index (χ4n) is 2.57. The average molecular weight is 299 g/mol. The van der Waals surface area contributed by atoms with E-state index >= 15 is 0 Å². The zero-order chi connectivity index (χ0) is 15.5. The molecule has 116 valence electrons. The third kappa shape index (κ3) is 3.31. The van der Waals surface area contributed by atoms with Gasteiger partial charge in [0.1, 0.15) is 5.76 Å². The predicted octanol–water partition coefficient (Wildman–Crippen LogP) is 2.59. The van der Waals surface area contributed by atoms with Crippen molar-refractivity contribution in [3.05, 3.63) is 47.9 Å². The summed E-state index contributed by atoms with van der Waals surface area (Å²) < 4.78 is 5.32. The topological polar surface area (TPSA) is 48.7 Å². The molecule has 0 unspecified atom stereocenters. The van der Waals surface area contributed by atoms with E-state index in [-0.39, 0.29) is 5.91 Å². The molecule has 3 rings (SSSR count). The third-order valence-electron chi connectivity index (χ3n) is 3.96. The number of hydrogen-bond acceptors (Lipinski definition) is 4. The zero-order valence-corrected chi connectivity index (χ0v) is 13.0. The van der Waals surface area contributed by atoms with E-state index in [0.717, 1.165) is 37.6 Å². The largest absolute Gasteiger partial charge is 0.456 e. The summed E-state index contributed by atoms with van der Waals surface area (Å²) in [4.78, 5) is 16.7. The van der Waals surface area contributed by atoms with E-state index in [0.29, 0.717) is 5.76 Å². The highest BCUT2D eigenvalue weighted by atomic mass is 16.3. The summed E-state index contributed by atoms with van der Waals surface area (Å²) >= 11 is 0. The highest BCUT2D eigenvalue weighted by Gasteiger charge is 2.14. The van der Waals surface area contributed by atoms with Crippen LogP contribution in [0.4, 0.5) is 11.4 Å². The minimum absolute atomic E-state index is 0.222. The lowest BCUT2D eigenvalue weighted by atomic mass is 10.2. The Labute approximate surface area is 130 Å². The van der Waals surface area contributed by atoms with E-state index in [9.17, 15) is 4.79 Å². The number of aryl methyl sites for hydroxylation is 1. The van der Waals surface area contributed by atoms with Crippen molar-refractivity contribution in [1.29, 1.82) is 0 Å². The van der Waals surface area contributed by atoms with Gasteiger partial charge in [0.2, 0.25) is 0 Å². The van der Waals surface area contributed by atoms with Crippen molar-refractivity contribution < 1.29 is 9.21 Å². The summed E-state index contributed by atoms with van der Waals surface area (Å²) in [7, 11) is 2.15. The van der Waals surface area contributed by atoms with E-state index in [2.05, 4.69) is 22.2 Å². The van der Waals surface area contributed by atoms with Crippen LogP contribution in [0.5, 0.6) is 0 Å². The van der Waals surface area contributed by atoms with E-state index in [4.69, 9.17) is 4.42 Å². The molecular weight excluding hydrogens is 278 g/mol. The second kappa shape index (κ2) is 6.23. The molecule has 1 aromatic carbocycles. The monoisotopic (exact) mass is 299 g/mol. The van der Waals surface area contributed by atoms with Crippen LogP contribution in [0.2, 0.25) is 0 Å². The minimum Gasteiger partial charge on any atom is -0.456 e. The molecule has 5 heteroatoms. The Morgan fingerprint density at radius 2 is 1.73 bits per heavy atom. The summed E-state index contributed by atoms with van der Waals surface area (Å²) in [6, 6.07) is 11.4. The van der Waals surface area contributed by atoms with Gasteiger partial charge in [-0.1, -0.05) is 0 Å². The maximum atomic E-state index is 12.0. The second-order valence-electron chi connectivity index (χ2n) is 5.70. The lowest BCUT2D eigenvalue weighted by Gasteiger charge is -2.34. The molecule has 1 aromatic heterocycles. The SMILES string of the molecule is Cc1ccc(C(=O)Nc2ccc(N3CCN(C)CC3)cc2)o1. The molecule has 0 aliphatic carbocycles. The lowest BCUT2D eigenvalue weighted by molar-refractivity contribution is 0.0995. The number of nitrogens with zero attached hydrogens (tertiary/aromatic N) is 2. The molecule has 2 aromatic rings. The molecule has 0 spiro atoms. The fraction of sp³-hybridized carbons (Fsp3) is 0.353.